The smallest absolute Gasteiger partial charge is 0.0547 e. The Balaban J connectivity index is 0.961. The van der Waals surface area contributed by atoms with Crippen molar-refractivity contribution in [1.82, 2.24) is 4.57 Å². The molecule has 0 radical (unpaired) electrons. The second-order valence-electron chi connectivity index (χ2n) is 18.0. The highest BCUT2D eigenvalue weighted by Gasteiger charge is 2.21. The number of anilines is 3. The predicted octanol–water partition coefficient (Wildman–Crippen LogP) is 18.9. The zero-order chi connectivity index (χ0) is 46.4. The van der Waals surface area contributed by atoms with Crippen LogP contribution in [0, 0.1) is 0 Å². The number of benzene rings is 12. The van der Waals surface area contributed by atoms with Crippen molar-refractivity contribution in [3.8, 4) is 61.3 Å². The lowest BCUT2D eigenvalue weighted by atomic mass is 9.92. The molecule has 1 aromatic heterocycles. The number of hydrogen-bond acceptors (Lipinski definition) is 1. The highest BCUT2D eigenvalue weighted by Crippen LogP contribution is 2.45. The summed E-state index contributed by atoms with van der Waals surface area (Å²) in [6.45, 7) is 0. The normalized spacial score (nSPS) is 11.4. The Morgan fingerprint density at radius 3 is 1.44 bits per heavy atom. The Labute approximate surface area is 408 Å². The Hall–Kier alpha value is -9.24. The van der Waals surface area contributed by atoms with E-state index in [0.717, 1.165) is 28.3 Å². The first-order valence-electron chi connectivity index (χ1n) is 24.1. The fraction of sp³-hybridized carbons (Fsp3) is 0. The topological polar surface area (TPSA) is 8.17 Å². The standard InChI is InChI=1S/C68H46N2/c1-3-16-47(17-4-1)48-32-34-49(35-33-48)50-36-41-56(42-37-50)69(58-24-13-23-55(46-58)60-28-14-22-51-20-7-9-25-59(51)60)57-43-38-54(39-44-57)67-61(52-18-5-2-6-19-52)29-15-31-65(67)70-64-30-12-11-27-63(64)68-62-26-10-8-21-53(62)40-45-66(68)70/h1-46H. The van der Waals surface area contributed by atoms with Crippen molar-refractivity contribution in [1.29, 1.82) is 0 Å². The first-order valence-corrected chi connectivity index (χ1v) is 24.1. The van der Waals surface area contributed by atoms with Crippen LogP contribution in [0.25, 0.3) is 105 Å². The first kappa shape index (κ1) is 41.0. The van der Waals surface area contributed by atoms with Gasteiger partial charge in [-0.3, -0.25) is 0 Å². The van der Waals surface area contributed by atoms with Crippen LogP contribution in [0.3, 0.4) is 0 Å². The van der Waals surface area contributed by atoms with Gasteiger partial charge in [0.25, 0.3) is 0 Å². The molecule has 13 rings (SSSR count). The summed E-state index contributed by atoms with van der Waals surface area (Å²) in [6, 6.07) is 102. The summed E-state index contributed by atoms with van der Waals surface area (Å²) in [5.74, 6) is 0. The van der Waals surface area contributed by atoms with Crippen molar-refractivity contribution in [2.45, 2.75) is 0 Å². The molecular weight excluding hydrogens is 845 g/mol. The summed E-state index contributed by atoms with van der Waals surface area (Å²) in [4.78, 5) is 2.39. The van der Waals surface area contributed by atoms with Crippen LogP contribution in [-0.2, 0) is 0 Å². The third kappa shape index (κ3) is 7.22. The zero-order valence-electron chi connectivity index (χ0n) is 38.5. The molecule has 0 fully saturated rings. The first-order chi connectivity index (χ1) is 34.7. The van der Waals surface area contributed by atoms with Crippen molar-refractivity contribution < 1.29 is 0 Å². The molecule has 2 nitrogen and oxygen atoms in total. The van der Waals surface area contributed by atoms with Gasteiger partial charge >= 0.3 is 0 Å². The van der Waals surface area contributed by atoms with Crippen molar-refractivity contribution in [3.63, 3.8) is 0 Å². The SMILES string of the molecule is c1ccc(-c2ccc(-c3ccc(N(c4ccc(-c5c(-c6ccccc6)cccc5-n5c6ccccc6c6c7ccccc7ccc65)cc4)c4cccc(-c5cccc6ccccc56)c4)cc3)cc2)cc1. The minimum Gasteiger partial charge on any atom is -0.310 e. The second kappa shape index (κ2) is 17.4. The van der Waals surface area contributed by atoms with E-state index in [1.807, 2.05) is 0 Å². The highest BCUT2D eigenvalue weighted by atomic mass is 15.1. The fourth-order valence-electron chi connectivity index (χ4n) is 10.7. The number of rotatable bonds is 9. The maximum atomic E-state index is 2.48. The zero-order valence-corrected chi connectivity index (χ0v) is 38.5. The summed E-state index contributed by atoms with van der Waals surface area (Å²) < 4.78 is 2.48. The highest BCUT2D eigenvalue weighted by molar-refractivity contribution is 6.21. The molecule has 0 aliphatic carbocycles. The van der Waals surface area contributed by atoms with Gasteiger partial charge in [-0.25, -0.2) is 0 Å². The van der Waals surface area contributed by atoms with Gasteiger partial charge in [0.1, 0.15) is 0 Å². The van der Waals surface area contributed by atoms with Gasteiger partial charge in [0.05, 0.1) is 16.7 Å². The van der Waals surface area contributed by atoms with Crippen LogP contribution in [0.5, 0.6) is 0 Å². The van der Waals surface area contributed by atoms with Crippen LogP contribution in [0.15, 0.2) is 279 Å². The molecule has 12 aromatic carbocycles. The second-order valence-corrected chi connectivity index (χ2v) is 18.0. The Morgan fingerprint density at radius 2 is 0.743 bits per heavy atom. The van der Waals surface area contributed by atoms with Crippen LogP contribution in [0.1, 0.15) is 0 Å². The molecule has 0 aliphatic heterocycles. The van der Waals surface area contributed by atoms with Crippen LogP contribution in [0.2, 0.25) is 0 Å². The maximum Gasteiger partial charge on any atom is 0.0547 e. The van der Waals surface area contributed by atoms with Gasteiger partial charge in [0.15, 0.2) is 0 Å². The van der Waals surface area contributed by atoms with Gasteiger partial charge in [-0.2, -0.15) is 0 Å². The minimum atomic E-state index is 1.07. The van der Waals surface area contributed by atoms with Gasteiger partial charge in [-0.1, -0.05) is 224 Å². The van der Waals surface area contributed by atoms with E-state index in [2.05, 4.69) is 289 Å². The Bertz CT molecular complexity index is 4010. The van der Waals surface area contributed by atoms with Gasteiger partial charge in [0, 0.05) is 33.4 Å². The Kier molecular flexibility index (Phi) is 10.2. The minimum absolute atomic E-state index is 1.07. The van der Waals surface area contributed by atoms with E-state index in [9.17, 15) is 0 Å². The number of hydrogen-bond donors (Lipinski definition) is 0. The molecule has 70 heavy (non-hydrogen) atoms. The predicted molar refractivity (Wildman–Crippen MR) is 298 cm³/mol. The van der Waals surface area contributed by atoms with E-state index in [4.69, 9.17) is 0 Å². The molecule has 0 saturated heterocycles. The van der Waals surface area contributed by atoms with Crippen molar-refractivity contribution in [2.24, 2.45) is 0 Å². The summed E-state index contributed by atoms with van der Waals surface area (Å²) in [5.41, 5.74) is 18.6. The molecule has 0 amide bonds. The third-order valence-corrected chi connectivity index (χ3v) is 14.0. The van der Waals surface area contributed by atoms with E-state index in [1.54, 1.807) is 0 Å². The number of nitrogens with zero attached hydrogens (tertiary/aromatic N) is 2. The Morgan fingerprint density at radius 1 is 0.257 bits per heavy atom. The quantitative estimate of drug-likeness (QED) is 0.140. The van der Waals surface area contributed by atoms with E-state index in [1.165, 1.54) is 93.4 Å². The monoisotopic (exact) mass is 890 g/mol. The summed E-state index contributed by atoms with van der Waals surface area (Å²) in [6.07, 6.45) is 0. The van der Waals surface area contributed by atoms with Gasteiger partial charge in [-0.05, 0) is 126 Å². The van der Waals surface area contributed by atoms with Crippen molar-refractivity contribution >= 4 is 60.4 Å². The summed E-state index contributed by atoms with van der Waals surface area (Å²) >= 11 is 0. The lowest BCUT2D eigenvalue weighted by Gasteiger charge is -2.27. The molecule has 2 heteroatoms. The van der Waals surface area contributed by atoms with Crippen LogP contribution in [0.4, 0.5) is 17.1 Å². The summed E-state index contributed by atoms with van der Waals surface area (Å²) in [5, 5.41) is 7.50. The molecule has 0 saturated carbocycles. The van der Waals surface area contributed by atoms with E-state index in [-0.39, 0.29) is 0 Å². The van der Waals surface area contributed by atoms with Crippen LogP contribution in [-0.4, -0.2) is 4.57 Å². The molecule has 0 unspecified atom stereocenters. The van der Waals surface area contributed by atoms with E-state index >= 15 is 0 Å². The van der Waals surface area contributed by atoms with Crippen LogP contribution < -0.4 is 4.90 Å². The molecule has 13 aromatic rings. The van der Waals surface area contributed by atoms with E-state index < -0.39 is 0 Å². The molecule has 0 bridgehead atoms. The van der Waals surface area contributed by atoms with Crippen LogP contribution >= 0.6 is 0 Å². The lowest BCUT2D eigenvalue weighted by Crippen LogP contribution is -2.10. The lowest BCUT2D eigenvalue weighted by molar-refractivity contribution is 1.18. The average Bonchev–Trinajstić information content (AvgIpc) is 3.78. The molecule has 0 aliphatic rings. The molecular formula is C68H46N2. The van der Waals surface area contributed by atoms with Gasteiger partial charge < -0.3 is 9.47 Å². The largest absolute Gasteiger partial charge is 0.310 e. The molecule has 0 atom stereocenters. The molecule has 0 spiro atoms. The van der Waals surface area contributed by atoms with Crippen molar-refractivity contribution in [3.05, 3.63) is 279 Å². The number of aromatic nitrogens is 1. The van der Waals surface area contributed by atoms with E-state index in [0.29, 0.717) is 0 Å². The van der Waals surface area contributed by atoms with Gasteiger partial charge in [0.2, 0.25) is 0 Å². The maximum absolute atomic E-state index is 2.48. The fourth-order valence-corrected chi connectivity index (χ4v) is 10.7. The molecule has 0 N–H and O–H groups in total. The summed E-state index contributed by atoms with van der Waals surface area (Å²) in [7, 11) is 0. The number of fused-ring (bicyclic) bond motifs is 6. The molecule has 328 valence electrons. The number of para-hydroxylation sites is 1. The molecule has 1 heterocycles. The third-order valence-electron chi connectivity index (χ3n) is 14.0. The van der Waals surface area contributed by atoms with Crippen molar-refractivity contribution in [2.75, 3.05) is 4.90 Å². The average molecular weight is 891 g/mol. The van der Waals surface area contributed by atoms with Gasteiger partial charge in [-0.15, -0.1) is 0 Å².